The van der Waals surface area contributed by atoms with Crippen molar-refractivity contribution in [2.24, 2.45) is 0 Å². The Morgan fingerprint density at radius 1 is 0.644 bits per heavy atom. The minimum atomic E-state index is -1.38. The summed E-state index contributed by atoms with van der Waals surface area (Å²) in [6, 6.07) is -1.38. The molecule has 0 aliphatic heterocycles. The van der Waals surface area contributed by atoms with Crippen LogP contribution in [0.25, 0.3) is 0 Å². The third-order valence-electron chi connectivity index (χ3n) is 8.01. The van der Waals surface area contributed by atoms with Gasteiger partial charge in [0.1, 0.15) is 12.1 Å². The van der Waals surface area contributed by atoms with E-state index < -0.39 is 24.5 Å². The Kier molecular flexibility index (Phi) is 29.9. The quantitative estimate of drug-likeness (QED) is 0.0339. The fraction of sp³-hybridized carbons (Fsp3) is 0.833. The minimum Gasteiger partial charge on any atom is -0.480 e. The molecule has 0 aliphatic rings. The Balaban J connectivity index is 4.14. The van der Waals surface area contributed by atoms with Gasteiger partial charge in [0.2, 0.25) is 11.8 Å². The lowest BCUT2D eigenvalue weighted by molar-refractivity contribution is -0.150. The number of amides is 2. The van der Waals surface area contributed by atoms with Crippen LogP contribution < -0.4 is 10.6 Å². The zero-order valence-corrected chi connectivity index (χ0v) is 28.6. The van der Waals surface area contributed by atoms with E-state index in [-0.39, 0.29) is 30.9 Å². The van der Waals surface area contributed by atoms with E-state index in [4.69, 9.17) is 14.9 Å². The molecule has 0 fully saturated rings. The predicted octanol–water partition coefficient (Wildman–Crippen LogP) is 7.53. The largest absolute Gasteiger partial charge is 0.480 e. The summed E-state index contributed by atoms with van der Waals surface area (Å²) in [5.41, 5.74) is 0. The van der Waals surface area contributed by atoms with Gasteiger partial charge in [0, 0.05) is 12.8 Å². The van der Waals surface area contributed by atoms with Crippen molar-refractivity contribution in [2.75, 3.05) is 13.2 Å². The van der Waals surface area contributed by atoms with Gasteiger partial charge in [-0.05, 0) is 64.2 Å². The molecule has 2 unspecified atom stereocenters. The Labute approximate surface area is 273 Å². The highest BCUT2D eigenvalue weighted by atomic mass is 16.5. The molecule has 0 aromatic rings. The van der Waals surface area contributed by atoms with Crippen molar-refractivity contribution in [3.8, 4) is 0 Å². The molecule has 0 aromatic carbocycles. The van der Waals surface area contributed by atoms with Crippen LogP contribution in [0.1, 0.15) is 168 Å². The standard InChI is InChI=1S/C36H66N2O7/c1-3-5-7-9-10-11-12-13-14-15-16-18-24-28-35(42)45-31(25-21-17-8-6-4-2)26-22-19-20-23-27-33(40)37-29-34(41)38-32(30-39)36(43)44/h11-12,31-32,39H,3-10,13-30H2,1-2H3,(H,37,40)(H,38,41)(H,43,44)/b12-11-. The molecule has 0 saturated carbocycles. The maximum atomic E-state index is 12.6. The fourth-order valence-corrected chi connectivity index (χ4v) is 5.18. The van der Waals surface area contributed by atoms with Gasteiger partial charge in [-0.2, -0.15) is 0 Å². The van der Waals surface area contributed by atoms with E-state index >= 15 is 0 Å². The molecule has 0 spiro atoms. The van der Waals surface area contributed by atoms with Crippen LogP contribution in [0.4, 0.5) is 0 Å². The highest BCUT2D eigenvalue weighted by molar-refractivity contribution is 5.87. The number of carbonyl (C=O) groups is 4. The normalized spacial score (nSPS) is 12.6. The summed E-state index contributed by atoms with van der Waals surface area (Å²) < 4.78 is 5.91. The van der Waals surface area contributed by atoms with Crippen LogP contribution in [-0.2, 0) is 23.9 Å². The number of hydrogen-bond donors (Lipinski definition) is 4. The molecule has 9 heteroatoms. The summed E-state index contributed by atoms with van der Waals surface area (Å²) in [5, 5.41) is 22.4. The van der Waals surface area contributed by atoms with Crippen molar-refractivity contribution < 1.29 is 34.1 Å². The van der Waals surface area contributed by atoms with Gasteiger partial charge < -0.3 is 25.6 Å². The Hall–Kier alpha value is -2.42. The van der Waals surface area contributed by atoms with Crippen molar-refractivity contribution in [2.45, 2.75) is 180 Å². The second kappa shape index (κ2) is 31.6. The average molecular weight is 639 g/mol. The summed E-state index contributed by atoms with van der Waals surface area (Å²) in [6.45, 7) is 3.40. The van der Waals surface area contributed by atoms with Gasteiger partial charge in [0.05, 0.1) is 13.2 Å². The van der Waals surface area contributed by atoms with E-state index in [0.717, 1.165) is 57.8 Å². The summed E-state index contributed by atoms with van der Waals surface area (Å²) in [4.78, 5) is 47.2. The highest BCUT2D eigenvalue weighted by Crippen LogP contribution is 2.18. The summed E-state index contributed by atoms with van der Waals surface area (Å²) in [6.07, 6.45) is 29.6. The van der Waals surface area contributed by atoms with Gasteiger partial charge in [0.25, 0.3) is 0 Å². The molecule has 4 N–H and O–H groups in total. The number of carbonyl (C=O) groups excluding carboxylic acids is 3. The fourth-order valence-electron chi connectivity index (χ4n) is 5.18. The molecule has 262 valence electrons. The van der Waals surface area contributed by atoms with Crippen LogP contribution in [0.15, 0.2) is 12.2 Å². The van der Waals surface area contributed by atoms with Crippen LogP contribution >= 0.6 is 0 Å². The topological polar surface area (TPSA) is 142 Å². The van der Waals surface area contributed by atoms with Crippen molar-refractivity contribution >= 4 is 23.8 Å². The number of allylic oxidation sites excluding steroid dienone is 2. The van der Waals surface area contributed by atoms with Gasteiger partial charge in [-0.3, -0.25) is 14.4 Å². The second-order valence-corrected chi connectivity index (χ2v) is 12.3. The van der Waals surface area contributed by atoms with Gasteiger partial charge in [0.15, 0.2) is 0 Å². The van der Waals surface area contributed by atoms with Crippen LogP contribution in [-0.4, -0.2) is 59.3 Å². The number of carboxylic acid groups (broad SMARTS) is 1. The van der Waals surface area contributed by atoms with Crippen LogP contribution in [0, 0.1) is 0 Å². The first-order chi connectivity index (χ1) is 21.8. The van der Waals surface area contributed by atoms with E-state index in [1.807, 2.05) is 0 Å². The van der Waals surface area contributed by atoms with Crippen LogP contribution in [0.3, 0.4) is 0 Å². The maximum Gasteiger partial charge on any atom is 0.328 e. The first-order valence-corrected chi connectivity index (χ1v) is 18.1. The summed E-state index contributed by atoms with van der Waals surface area (Å²) >= 11 is 0. The molecular weight excluding hydrogens is 572 g/mol. The number of carboxylic acids is 1. The zero-order valence-electron chi connectivity index (χ0n) is 28.6. The molecule has 0 aromatic heterocycles. The second-order valence-electron chi connectivity index (χ2n) is 12.3. The number of hydrogen-bond acceptors (Lipinski definition) is 6. The number of aliphatic hydroxyl groups is 1. The lowest BCUT2D eigenvalue weighted by Crippen LogP contribution is -2.47. The van der Waals surface area contributed by atoms with Gasteiger partial charge in [-0.1, -0.05) is 103 Å². The van der Waals surface area contributed by atoms with E-state index in [9.17, 15) is 19.2 Å². The smallest absolute Gasteiger partial charge is 0.328 e. The number of nitrogens with one attached hydrogen (secondary N) is 2. The SMILES string of the molecule is CCCCCC/C=C\CCCCCCCC(=O)OC(CCCCCCC)CCCCCCC(=O)NCC(=O)NC(CO)C(=O)O. The Morgan fingerprint density at radius 2 is 1.13 bits per heavy atom. The zero-order chi connectivity index (χ0) is 33.4. The molecule has 0 bridgehead atoms. The van der Waals surface area contributed by atoms with E-state index in [0.29, 0.717) is 12.8 Å². The van der Waals surface area contributed by atoms with E-state index in [1.54, 1.807) is 0 Å². The van der Waals surface area contributed by atoms with Crippen molar-refractivity contribution in [1.82, 2.24) is 10.6 Å². The number of unbranched alkanes of at least 4 members (excludes halogenated alkanes) is 16. The average Bonchev–Trinajstić information content (AvgIpc) is 3.02. The lowest BCUT2D eigenvalue weighted by atomic mass is 10.0. The van der Waals surface area contributed by atoms with Crippen LogP contribution in [0.2, 0.25) is 0 Å². The summed E-state index contributed by atoms with van der Waals surface area (Å²) in [5.74, 6) is -2.34. The Bertz CT molecular complexity index is 787. The van der Waals surface area contributed by atoms with Crippen LogP contribution in [0.5, 0.6) is 0 Å². The molecule has 0 heterocycles. The molecule has 0 aliphatic carbocycles. The summed E-state index contributed by atoms with van der Waals surface area (Å²) in [7, 11) is 0. The van der Waals surface area contributed by atoms with Crippen molar-refractivity contribution in [1.29, 1.82) is 0 Å². The first-order valence-electron chi connectivity index (χ1n) is 18.1. The molecule has 2 amide bonds. The van der Waals surface area contributed by atoms with Crippen molar-refractivity contribution in [3.63, 3.8) is 0 Å². The maximum absolute atomic E-state index is 12.6. The first kappa shape index (κ1) is 42.6. The molecular formula is C36H66N2O7. The molecule has 0 rings (SSSR count). The van der Waals surface area contributed by atoms with Gasteiger partial charge in [-0.25, -0.2) is 4.79 Å². The van der Waals surface area contributed by atoms with E-state index in [2.05, 4.69) is 36.6 Å². The molecule has 0 saturated heterocycles. The molecule has 45 heavy (non-hydrogen) atoms. The van der Waals surface area contributed by atoms with Crippen molar-refractivity contribution in [3.05, 3.63) is 12.2 Å². The van der Waals surface area contributed by atoms with E-state index in [1.165, 1.54) is 77.0 Å². The number of rotatable bonds is 32. The number of ether oxygens (including phenoxy) is 1. The van der Waals surface area contributed by atoms with Gasteiger partial charge >= 0.3 is 11.9 Å². The minimum absolute atomic E-state index is 0.0387. The number of aliphatic carboxylic acids is 1. The number of esters is 1. The Morgan fingerprint density at radius 3 is 1.69 bits per heavy atom. The predicted molar refractivity (Wildman–Crippen MR) is 181 cm³/mol. The third kappa shape index (κ3) is 28.8. The van der Waals surface area contributed by atoms with Gasteiger partial charge in [-0.15, -0.1) is 0 Å². The molecule has 2 atom stereocenters. The molecule has 0 radical (unpaired) electrons. The molecule has 9 nitrogen and oxygen atoms in total. The number of aliphatic hydroxyl groups excluding tert-OH is 1. The monoisotopic (exact) mass is 638 g/mol. The third-order valence-corrected chi connectivity index (χ3v) is 8.01. The lowest BCUT2D eigenvalue weighted by Gasteiger charge is -2.18. The highest BCUT2D eigenvalue weighted by Gasteiger charge is 2.19.